The third-order valence-corrected chi connectivity index (χ3v) is 5.79. The zero-order chi connectivity index (χ0) is 21.7. The molecular weight excluding hydrogens is 426 g/mol. The number of nitrogens with one attached hydrogen (secondary N) is 1. The van der Waals surface area contributed by atoms with Gasteiger partial charge in [0.2, 0.25) is 17.0 Å². The molecule has 0 aliphatic heterocycles. The molecule has 8 nitrogen and oxygen atoms in total. The Labute approximate surface area is 180 Å². The first-order valence-corrected chi connectivity index (χ1v) is 10.8. The molecule has 0 saturated heterocycles. The van der Waals surface area contributed by atoms with E-state index in [4.69, 9.17) is 17.3 Å². The molecule has 156 valence electrons. The SMILES string of the molecule is CCn1c(Cc2ccc(Cl)cc2)nnc1S(=O)CC(=O)Nc1ccc(C(N)=O)cc1. The third kappa shape index (κ3) is 5.31. The lowest BCUT2D eigenvalue weighted by Gasteiger charge is -2.08. The maximum atomic E-state index is 12.7. The molecule has 1 heterocycles. The highest BCUT2D eigenvalue weighted by Crippen LogP contribution is 2.15. The van der Waals surface area contributed by atoms with Gasteiger partial charge in [0, 0.05) is 29.2 Å². The largest absolute Gasteiger partial charge is 0.366 e. The van der Waals surface area contributed by atoms with Gasteiger partial charge >= 0.3 is 0 Å². The van der Waals surface area contributed by atoms with Gasteiger partial charge in [-0.1, -0.05) is 23.7 Å². The van der Waals surface area contributed by atoms with E-state index in [1.807, 2.05) is 19.1 Å². The van der Waals surface area contributed by atoms with Crippen LogP contribution in [0.5, 0.6) is 0 Å². The fourth-order valence-electron chi connectivity index (χ4n) is 2.82. The van der Waals surface area contributed by atoms with Crippen LogP contribution in [0.4, 0.5) is 5.69 Å². The van der Waals surface area contributed by atoms with E-state index in [0.717, 1.165) is 5.56 Å². The lowest BCUT2D eigenvalue weighted by atomic mass is 10.1. The number of hydrogen-bond donors (Lipinski definition) is 2. The quantitative estimate of drug-likeness (QED) is 0.551. The second-order valence-corrected chi connectivity index (χ2v) is 8.21. The topological polar surface area (TPSA) is 120 Å². The smallest absolute Gasteiger partial charge is 0.248 e. The van der Waals surface area contributed by atoms with E-state index in [2.05, 4.69) is 15.5 Å². The van der Waals surface area contributed by atoms with Crippen molar-refractivity contribution in [2.45, 2.75) is 25.0 Å². The summed E-state index contributed by atoms with van der Waals surface area (Å²) in [6, 6.07) is 13.5. The first-order valence-electron chi connectivity index (χ1n) is 9.12. The van der Waals surface area contributed by atoms with Crippen LogP contribution in [-0.4, -0.2) is 36.5 Å². The van der Waals surface area contributed by atoms with Gasteiger partial charge in [-0.15, -0.1) is 10.2 Å². The van der Waals surface area contributed by atoms with Crippen molar-refractivity contribution in [2.24, 2.45) is 5.73 Å². The molecule has 0 saturated carbocycles. The van der Waals surface area contributed by atoms with Gasteiger partial charge in [-0.2, -0.15) is 0 Å². The second kappa shape index (κ2) is 9.64. The van der Waals surface area contributed by atoms with Gasteiger partial charge in [0.1, 0.15) is 22.4 Å². The van der Waals surface area contributed by atoms with Crippen LogP contribution in [0, 0.1) is 0 Å². The zero-order valence-electron chi connectivity index (χ0n) is 16.2. The summed E-state index contributed by atoms with van der Waals surface area (Å²) >= 11 is 5.92. The Morgan fingerprint density at radius 1 is 1.10 bits per heavy atom. The molecular formula is C20H20ClN5O3S. The van der Waals surface area contributed by atoms with Gasteiger partial charge in [-0.05, 0) is 48.9 Å². The molecule has 3 rings (SSSR count). The maximum Gasteiger partial charge on any atom is 0.248 e. The summed E-state index contributed by atoms with van der Waals surface area (Å²) in [6.45, 7) is 2.42. The molecule has 0 aliphatic carbocycles. The molecule has 1 aromatic heterocycles. The summed E-state index contributed by atoms with van der Waals surface area (Å²) in [7, 11) is -1.67. The first kappa shape index (κ1) is 21.7. The standard InChI is InChI=1S/C20H20ClN5O3S/c1-2-26-17(11-13-3-7-15(21)8-4-13)24-25-20(26)30(29)12-18(27)23-16-9-5-14(6-10-16)19(22)28/h3-10H,2,11-12H2,1H3,(H2,22,28)(H,23,27). The van der Waals surface area contributed by atoms with Crippen molar-refractivity contribution in [1.29, 1.82) is 0 Å². The molecule has 2 aromatic carbocycles. The highest BCUT2D eigenvalue weighted by Gasteiger charge is 2.19. The molecule has 0 aliphatic rings. The molecule has 1 atom stereocenters. The van der Waals surface area contributed by atoms with Gasteiger partial charge in [0.05, 0.1) is 0 Å². The van der Waals surface area contributed by atoms with Crippen LogP contribution in [0.15, 0.2) is 53.7 Å². The number of carbonyl (C=O) groups excluding carboxylic acids is 2. The molecule has 3 aromatic rings. The fourth-order valence-corrected chi connectivity index (χ4v) is 4.00. The van der Waals surface area contributed by atoms with Crippen LogP contribution in [0.25, 0.3) is 0 Å². The first-order chi connectivity index (χ1) is 14.4. The number of benzene rings is 2. The lowest BCUT2D eigenvalue weighted by Crippen LogP contribution is -2.21. The van der Waals surface area contributed by atoms with E-state index in [-0.39, 0.29) is 10.9 Å². The molecule has 0 spiro atoms. The third-order valence-electron chi connectivity index (χ3n) is 4.30. The molecule has 0 bridgehead atoms. The summed E-state index contributed by atoms with van der Waals surface area (Å²) in [5.74, 6) is -0.602. The number of anilines is 1. The zero-order valence-corrected chi connectivity index (χ0v) is 17.7. The number of hydrogen-bond acceptors (Lipinski definition) is 5. The van der Waals surface area contributed by atoms with Crippen LogP contribution in [-0.2, 0) is 28.6 Å². The van der Waals surface area contributed by atoms with E-state index in [1.54, 1.807) is 28.8 Å². The van der Waals surface area contributed by atoms with Crippen molar-refractivity contribution in [2.75, 3.05) is 11.1 Å². The van der Waals surface area contributed by atoms with Gasteiger partial charge in [-0.3, -0.25) is 13.8 Å². The summed E-state index contributed by atoms with van der Waals surface area (Å²) in [4.78, 5) is 23.4. The van der Waals surface area contributed by atoms with Crippen LogP contribution >= 0.6 is 11.6 Å². The molecule has 3 N–H and O–H groups in total. The monoisotopic (exact) mass is 445 g/mol. The van der Waals surface area contributed by atoms with Gasteiger partial charge in [-0.25, -0.2) is 0 Å². The van der Waals surface area contributed by atoms with Gasteiger partial charge in [0.15, 0.2) is 0 Å². The van der Waals surface area contributed by atoms with Crippen molar-refractivity contribution < 1.29 is 13.8 Å². The Hall–Kier alpha value is -3.04. The predicted molar refractivity (Wildman–Crippen MR) is 115 cm³/mol. The van der Waals surface area contributed by atoms with Crippen molar-refractivity contribution in [3.63, 3.8) is 0 Å². The van der Waals surface area contributed by atoms with Crippen molar-refractivity contribution in [3.8, 4) is 0 Å². The minimum Gasteiger partial charge on any atom is -0.366 e. The summed E-state index contributed by atoms with van der Waals surface area (Å²) in [5, 5.41) is 11.7. The van der Waals surface area contributed by atoms with Crippen LogP contribution in [0.3, 0.4) is 0 Å². The van der Waals surface area contributed by atoms with Crippen LogP contribution in [0.1, 0.15) is 28.7 Å². The Morgan fingerprint density at radius 2 is 1.77 bits per heavy atom. The van der Waals surface area contributed by atoms with E-state index in [1.165, 1.54) is 12.1 Å². The molecule has 30 heavy (non-hydrogen) atoms. The van der Waals surface area contributed by atoms with E-state index in [9.17, 15) is 13.8 Å². The summed E-state index contributed by atoms with van der Waals surface area (Å²) in [6.07, 6.45) is 0.508. The maximum absolute atomic E-state index is 12.7. The number of nitrogens with zero attached hydrogens (tertiary/aromatic N) is 3. The fraction of sp³-hybridized carbons (Fsp3) is 0.200. The van der Waals surface area contributed by atoms with Crippen molar-refractivity contribution in [3.05, 3.63) is 70.5 Å². The van der Waals surface area contributed by atoms with Gasteiger partial charge in [0.25, 0.3) is 0 Å². The lowest BCUT2D eigenvalue weighted by molar-refractivity contribution is -0.113. The van der Waals surface area contributed by atoms with E-state index < -0.39 is 22.6 Å². The number of primary amides is 1. The predicted octanol–water partition coefficient (Wildman–Crippen LogP) is 2.39. The van der Waals surface area contributed by atoms with Crippen molar-refractivity contribution in [1.82, 2.24) is 14.8 Å². The molecule has 10 heteroatoms. The highest BCUT2D eigenvalue weighted by molar-refractivity contribution is 7.85. The molecule has 0 fully saturated rings. The number of aromatic nitrogens is 3. The van der Waals surface area contributed by atoms with Crippen LogP contribution < -0.4 is 11.1 Å². The number of nitrogens with two attached hydrogens (primary N) is 1. The minimum atomic E-state index is -1.67. The number of carbonyl (C=O) groups is 2. The molecule has 0 radical (unpaired) electrons. The molecule has 2 amide bonds. The van der Waals surface area contributed by atoms with E-state index >= 15 is 0 Å². The highest BCUT2D eigenvalue weighted by atomic mass is 35.5. The van der Waals surface area contributed by atoms with Crippen LogP contribution in [0.2, 0.25) is 5.02 Å². The molecule has 1 unspecified atom stereocenters. The normalized spacial score (nSPS) is 11.8. The second-order valence-electron chi connectivity index (χ2n) is 6.43. The number of halogens is 1. The summed E-state index contributed by atoms with van der Waals surface area (Å²) < 4.78 is 14.5. The Morgan fingerprint density at radius 3 is 2.37 bits per heavy atom. The Balaban J connectivity index is 1.67. The number of rotatable bonds is 8. The Kier molecular flexibility index (Phi) is 6.96. The van der Waals surface area contributed by atoms with E-state index in [0.29, 0.717) is 35.1 Å². The average molecular weight is 446 g/mol. The Bertz CT molecular complexity index is 1080. The minimum absolute atomic E-state index is 0.251. The average Bonchev–Trinajstić information content (AvgIpc) is 3.12. The van der Waals surface area contributed by atoms with Gasteiger partial charge < -0.3 is 15.6 Å². The number of amides is 2. The summed E-state index contributed by atoms with van der Waals surface area (Å²) in [5.41, 5.74) is 7.00. The van der Waals surface area contributed by atoms with Crippen molar-refractivity contribution >= 4 is 39.9 Å².